The molecule has 2 amide bonds. The third kappa shape index (κ3) is 3.07. The number of piperazine rings is 1. The SMILES string of the molecule is CC1(C2CC2)NC(=O)C(C2CCCCC2)N(Cc2ccccc2)C1=O. The molecular formula is C21H28N2O2. The maximum absolute atomic E-state index is 13.4. The molecule has 2 unspecified atom stereocenters. The predicted molar refractivity (Wildman–Crippen MR) is 96.6 cm³/mol. The molecule has 0 bridgehead atoms. The van der Waals surface area contributed by atoms with Crippen LogP contribution in [0.15, 0.2) is 30.3 Å². The summed E-state index contributed by atoms with van der Waals surface area (Å²) in [5, 5.41) is 3.14. The average molecular weight is 340 g/mol. The summed E-state index contributed by atoms with van der Waals surface area (Å²) < 4.78 is 0. The quantitative estimate of drug-likeness (QED) is 0.914. The zero-order valence-corrected chi connectivity index (χ0v) is 15.0. The van der Waals surface area contributed by atoms with Crippen LogP contribution in [0, 0.1) is 11.8 Å². The Balaban J connectivity index is 1.65. The molecule has 25 heavy (non-hydrogen) atoms. The van der Waals surface area contributed by atoms with E-state index in [2.05, 4.69) is 5.32 Å². The van der Waals surface area contributed by atoms with Gasteiger partial charge in [-0.1, -0.05) is 49.6 Å². The van der Waals surface area contributed by atoms with Crippen LogP contribution < -0.4 is 5.32 Å². The lowest BCUT2D eigenvalue weighted by molar-refractivity contribution is -0.159. The topological polar surface area (TPSA) is 49.4 Å². The van der Waals surface area contributed by atoms with Crippen molar-refractivity contribution in [2.24, 2.45) is 11.8 Å². The molecule has 1 heterocycles. The van der Waals surface area contributed by atoms with Crippen LogP contribution >= 0.6 is 0 Å². The number of hydrogen-bond donors (Lipinski definition) is 1. The van der Waals surface area contributed by atoms with Gasteiger partial charge in [-0.05, 0) is 50.0 Å². The lowest BCUT2D eigenvalue weighted by Gasteiger charge is -2.48. The van der Waals surface area contributed by atoms with E-state index in [1.165, 1.54) is 19.3 Å². The van der Waals surface area contributed by atoms with E-state index in [4.69, 9.17) is 0 Å². The second-order valence-electron chi connectivity index (χ2n) is 8.23. The molecule has 4 heteroatoms. The predicted octanol–water partition coefficient (Wildman–Crippen LogP) is 3.26. The Hall–Kier alpha value is -1.84. The number of hydrogen-bond acceptors (Lipinski definition) is 2. The molecule has 1 N–H and O–H groups in total. The second-order valence-corrected chi connectivity index (χ2v) is 8.23. The van der Waals surface area contributed by atoms with Gasteiger partial charge in [-0.25, -0.2) is 0 Å². The molecule has 1 saturated heterocycles. The van der Waals surface area contributed by atoms with Crippen molar-refractivity contribution in [2.45, 2.75) is 70.0 Å². The molecule has 3 fully saturated rings. The van der Waals surface area contributed by atoms with Crippen LogP contribution in [0.1, 0.15) is 57.4 Å². The molecule has 2 aliphatic carbocycles. The first kappa shape index (κ1) is 16.6. The van der Waals surface area contributed by atoms with Gasteiger partial charge in [-0.2, -0.15) is 0 Å². The van der Waals surface area contributed by atoms with Gasteiger partial charge in [0.15, 0.2) is 0 Å². The molecule has 1 aromatic rings. The zero-order valence-electron chi connectivity index (χ0n) is 15.0. The summed E-state index contributed by atoms with van der Waals surface area (Å²) >= 11 is 0. The van der Waals surface area contributed by atoms with Gasteiger partial charge in [0.1, 0.15) is 11.6 Å². The van der Waals surface area contributed by atoms with Gasteiger partial charge in [0.2, 0.25) is 11.8 Å². The molecule has 0 radical (unpaired) electrons. The van der Waals surface area contributed by atoms with Crippen LogP contribution in [0.4, 0.5) is 0 Å². The first-order valence-corrected chi connectivity index (χ1v) is 9.76. The lowest BCUT2D eigenvalue weighted by atomic mass is 9.79. The van der Waals surface area contributed by atoms with E-state index in [1.54, 1.807) is 0 Å². The van der Waals surface area contributed by atoms with Crippen molar-refractivity contribution in [2.75, 3.05) is 0 Å². The van der Waals surface area contributed by atoms with E-state index >= 15 is 0 Å². The molecule has 1 aromatic carbocycles. The third-order valence-corrected chi connectivity index (χ3v) is 6.38. The van der Waals surface area contributed by atoms with E-state index in [0.29, 0.717) is 18.4 Å². The first-order valence-electron chi connectivity index (χ1n) is 9.76. The zero-order chi connectivity index (χ0) is 17.4. The minimum Gasteiger partial charge on any atom is -0.340 e. The minimum atomic E-state index is -0.711. The van der Waals surface area contributed by atoms with Crippen molar-refractivity contribution < 1.29 is 9.59 Å². The van der Waals surface area contributed by atoms with Crippen LogP contribution in [0.3, 0.4) is 0 Å². The third-order valence-electron chi connectivity index (χ3n) is 6.38. The van der Waals surface area contributed by atoms with E-state index < -0.39 is 5.54 Å². The summed E-state index contributed by atoms with van der Waals surface area (Å²) in [6.07, 6.45) is 7.76. The monoisotopic (exact) mass is 340 g/mol. The molecule has 3 aliphatic rings. The summed E-state index contributed by atoms with van der Waals surface area (Å²) in [5.41, 5.74) is 0.390. The van der Waals surface area contributed by atoms with Gasteiger partial charge in [0.05, 0.1) is 0 Å². The van der Waals surface area contributed by atoms with Crippen molar-refractivity contribution in [3.8, 4) is 0 Å². The van der Waals surface area contributed by atoms with Gasteiger partial charge in [0.25, 0.3) is 0 Å². The number of amides is 2. The highest BCUT2D eigenvalue weighted by Gasteiger charge is 2.56. The fourth-order valence-electron chi connectivity index (χ4n) is 4.76. The molecule has 134 valence electrons. The Bertz CT molecular complexity index is 649. The maximum Gasteiger partial charge on any atom is 0.249 e. The summed E-state index contributed by atoms with van der Waals surface area (Å²) in [6.45, 7) is 2.47. The number of nitrogens with zero attached hydrogens (tertiary/aromatic N) is 1. The van der Waals surface area contributed by atoms with Crippen LogP contribution in [0.5, 0.6) is 0 Å². The Morgan fingerprint density at radius 2 is 1.72 bits per heavy atom. The Morgan fingerprint density at radius 3 is 2.36 bits per heavy atom. The average Bonchev–Trinajstić information content (AvgIpc) is 3.47. The van der Waals surface area contributed by atoms with Crippen molar-refractivity contribution in [1.82, 2.24) is 10.2 Å². The number of carbonyl (C=O) groups excluding carboxylic acids is 2. The lowest BCUT2D eigenvalue weighted by Crippen LogP contribution is -2.71. The molecule has 0 aromatic heterocycles. The summed E-state index contributed by atoms with van der Waals surface area (Å²) in [4.78, 5) is 28.4. The van der Waals surface area contributed by atoms with Gasteiger partial charge in [0, 0.05) is 6.54 Å². The van der Waals surface area contributed by atoms with Gasteiger partial charge in [-0.15, -0.1) is 0 Å². The van der Waals surface area contributed by atoms with Crippen molar-refractivity contribution in [1.29, 1.82) is 0 Å². The van der Waals surface area contributed by atoms with Crippen molar-refractivity contribution >= 4 is 11.8 Å². The van der Waals surface area contributed by atoms with Gasteiger partial charge in [-0.3, -0.25) is 9.59 Å². The summed E-state index contributed by atoms with van der Waals surface area (Å²) in [5.74, 6) is 0.783. The van der Waals surface area contributed by atoms with Crippen LogP contribution in [0.25, 0.3) is 0 Å². The van der Waals surface area contributed by atoms with Crippen LogP contribution in [0.2, 0.25) is 0 Å². The number of rotatable bonds is 4. The van der Waals surface area contributed by atoms with E-state index in [-0.39, 0.29) is 17.9 Å². The normalized spacial score (nSPS) is 31.1. The van der Waals surface area contributed by atoms with Gasteiger partial charge >= 0.3 is 0 Å². The first-order chi connectivity index (χ1) is 12.1. The molecule has 2 saturated carbocycles. The minimum absolute atomic E-state index is 0.0665. The van der Waals surface area contributed by atoms with Gasteiger partial charge < -0.3 is 10.2 Å². The molecule has 4 nitrogen and oxygen atoms in total. The van der Waals surface area contributed by atoms with E-state index in [0.717, 1.165) is 31.2 Å². The van der Waals surface area contributed by atoms with Crippen molar-refractivity contribution in [3.63, 3.8) is 0 Å². The maximum atomic E-state index is 13.4. The Kier molecular flexibility index (Phi) is 4.30. The Labute approximate surface area is 150 Å². The second kappa shape index (κ2) is 6.47. The number of nitrogens with one attached hydrogen (secondary N) is 1. The van der Waals surface area contributed by atoms with Crippen LogP contribution in [-0.2, 0) is 16.1 Å². The molecule has 1 aliphatic heterocycles. The highest BCUT2D eigenvalue weighted by Crippen LogP contribution is 2.44. The van der Waals surface area contributed by atoms with Crippen LogP contribution in [-0.4, -0.2) is 28.3 Å². The number of benzene rings is 1. The highest BCUT2D eigenvalue weighted by atomic mass is 16.2. The largest absolute Gasteiger partial charge is 0.340 e. The molecular weight excluding hydrogens is 312 g/mol. The van der Waals surface area contributed by atoms with Crippen molar-refractivity contribution in [3.05, 3.63) is 35.9 Å². The smallest absolute Gasteiger partial charge is 0.249 e. The van der Waals surface area contributed by atoms with E-state index in [1.807, 2.05) is 42.2 Å². The fourth-order valence-corrected chi connectivity index (χ4v) is 4.76. The molecule has 4 rings (SSSR count). The summed E-state index contributed by atoms with van der Waals surface area (Å²) in [7, 11) is 0. The van der Waals surface area contributed by atoms with E-state index in [9.17, 15) is 9.59 Å². The Morgan fingerprint density at radius 1 is 1.04 bits per heavy atom. The summed E-state index contributed by atoms with van der Waals surface area (Å²) in [6, 6.07) is 9.78. The molecule has 0 spiro atoms. The molecule has 2 atom stereocenters. The highest BCUT2D eigenvalue weighted by molar-refractivity contribution is 6.00. The fraction of sp³-hybridized carbons (Fsp3) is 0.619. The number of carbonyl (C=O) groups is 2. The standard InChI is InChI=1S/C21H28N2O2/c1-21(17-12-13-17)20(25)23(14-15-8-4-2-5-9-15)18(19(24)22-21)16-10-6-3-7-11-16/h2,4-5,8-9,16-18H,3,6-7,10-14H2,1H3,(H,22,24).